The van der Waals surface area contributed by atoms with E-state index in [9.17, 15) is 4.79 Å². The molecule has 4 nitrogen and oxygen atoms in total. The first kappa shape index (κ1) is 11.6. The molecule has 1 aliphatic rings. The van der Waals surface area contributed by atoms with Crippen LogP contribution in [0, 0.1) is 0 Å². The second-order valence-electron chi connectivity index (χ2n) is 4.55. The molecule has 1 unspecified atom stereocenters. The van der Waals surface area contributed by atoms with Crippen molar-refractivity contribution in [2.75, 3.05) is 18.8 Å². The molecule has 1 aliphatic heterocycles. The van der Waals surface area contributed by atoms with E-state index in [0.717, 1.165) is 29.7 Å². The summed E-state index contributed by atoms with van der Waals surface area (Å²) in [6, 6.07) is 7.75. The predicted octanol–water partition coefficient (Wildman–Crippen LogP) is 2.14. The lowest BCUT2D eigenvalue weighted by atomic mass is 10.2. The van der Waals surface area contributed by atoms with E-state index in [1.807, 2.05) is 40.9 Å². The Balaban J connectivity index is 1.92. The largest absolute Gasteiger partial charge is 0.335 e. The smallest absolute Gasteiger partial charge is 0.275 e. The van der Waals surface area contributed by atoms with Gasteiger partial charge >= 0.3 is 0 Å². The van der Waals surface area contributed by atoms with E-state index < -0.39 is 0 Å². The molecule has 2 heterocycles. The van der Waals surface area contributed by atoms with Gasteiger partial charge in [-0.3, -0.25) is 9.89 Å². The van der Waals surface area contributed by atoms with Crippen molar-refractivity contribution < 1.29 is 4.79 Å². The predicted molar refractivity (Wildman–Crippen MR) is 73.9 cm³/mol. The lowest BCUT2D eigenvalue weighted by Crippen LogP contribution is -2.41. The van der Waals surface area contributed by atoms with Gasteiger partial charge in [0.05, 0.1) is 5.52 Å². The Kier molecular flexibility index (Phi) is 2.99. The number of para-hydroxylation sites is 1. The molecule has 1 aromatic carbocycles. The summed E-state index contributed by atoms with van der Waals surface area (Å²) >= 11 is 1.92. The second kappa shape index (κ2) is 4.65. The van der Waals surface area contributed by atoms with Crippen LogP contribution >= 0.6 is 11.8 Å². The van der Waals surface area contributed by atoms with Crippen molar-refractivity contribution in [3.63, 3.8) is 0 Å². The van der Waals surface area contributed by atoms with Crippen molar-refractivity contribution in [3.8, 4) is 0 Å². The number of rotatable bonds is 1. The first-order chi connectivity index (χ1) is 8.75. The summed E-state index contributed by atoms with van der Waals surface area (Å²) in [7, 11) is 0. The number of nitrogens with zero attached hydrogens (tertiary/aromatic N) is 2. The van der Waals surface area contributed by atoms with Gasteiger partial charge in [-0.2, -0.15) is 16.9 Å². The summed E-state index contributed by atoms with van der Waals surface area (Å²) in [6.07, 6.45) is 0. The van der Waals surface area contributed by atoms with E-state index >= 15 is 0 Å². The summed E-state index contributed by atoms with van der Waals surface area (Å²) in [4.78, 5) is 14.4. The average Bonchev–Trinajstić information content (AvgIpc) is 2.82. The fourth-order valence-electron chi connectivity index (χ4n) is 2.28. The molecule has 2 aromatic rings. The minimum absolute atomic E-state index is 0.0413. The van der Waals surface area contributed by atoms with Gasteiger partial charge in [-0.1, -0.05) is 25.1 Å². The Morgan fingerprint density at radius 3 is 3.17 bits per heavy atom. The van der Waals surface area contributed by atoms with Gasteiger partial charge in [0.15, 0.2) is 5.69 Å². The SMILES string of the molecule is CC1CN(C(=O)c2n[nH]c3ccccc23)CCS1. The molecule has 0 saturated carbocycles. The Morgan fingerprint density at radius 1 is 1.50 bits per heavy atom. The highest BCUT2D eigenvalue weighted by Gasteiger charge is 2.25. The van der Waals surface area contributed by atoms with Gasteiger partial charge in [-0.15, -0.1) is 0 Å². The van der Waals surface area contributed by atoms with Crippen molar-refractivity contribution >= 4 is 28.6 Å². The maximum atomic E-state index is 12.5. The minimum Gasteiger partial charge on any atom is -0.335 e. The number of aromatic nitrogens is 2. The van der Waals surface area contributed by atoms with Crippen molar-refractivity contribution in [3.05, 3.63) is 30.0 Å². The fourth-order valence-corrected chi connectivity index (χ4v) is 3.29. The molecule has 1 amide bonds. The van der Waals surface area contributed by atoms with Crippen molar-refractivity contribution in [1.82, 2.24) is 15.1 Å². The van der Waals surface area contributed by atoms with Gasteiger partial charge in [0, 0.05) is 29.5 Å². The Hall–Kier alpha value is -1.49. The highest BCUT2D eigenvalue weighted by molar-refractivity contribution is 7.99. The molecule has 0 aliphatic carbocycles. The molecular weight excluding hydrogens is 246 g/mol. The van der Waals surface area contributed by atoms with Crippen LogP contribution in [0.2, 0.25) is 0 Å². The number of benzene rings is 1. The van der Waals surface area contributed by atoms with Crippen LogP contribution in [0.3, 0.4) is 0 Å². The molecule has 1 atom stereocenters. The summed E-state index contributed by atoms with van der Waals surface area (Å²) in [5.41, 5.74) is 1.46. The van der Waals surface area contributed by atoms with Crippen LogP contribution in [-0.4, -0.2) is 45.1 Å². The van der Waals surface area contributed by atoms with Gasteiger partial charge in [0.1, 0.15) is 0 Å². The third kappa shape index (κ3) is 1.99. The summed E-state index contributed by atoms with van der Waals surface area (Å²) in [5, 5.41) is 8.51. The minimum atomic E-state index is 0.0413. The number of fused-ring (bicyclic) bond motifs is 1. The van der Waals surface area contributed by atoms with Crippen LogP contribution in [0.15, 0.2) is 24.3 Å². The maximum Gasteiger partial charge on any atom is 0.275 e. The van der Waals surface area contributed by atoms with Crippen LogP contribution < -0.4 is 0 Å². The molecule has 1 N–H and O–H groups in total. The monoisotopic (exact) mass is 261 g/mol. The Bertz CT molecular complexity index is 580. The number of carbonyl (C=O) groups excluding carboxylic acids is 1. The first-order valence-corrected chi connectivity index (χ1v) is 7.14. The van der Waals surface area contributed by atoms with Gasteiger partial charge < -0.3 is 4.90 Å². The normalized spacial score (nSPS) is 20.3. The molecule has 0 bridgehead atoms. The number of amides is 1. The molecule has 1 aromatic heterocycles. The molecule has 18 heavy (non-hydrogen) atoms. The number of nitrogens with one attached hydrogen (secondary N) is 1. The molecule has 1 fully saturated rings. The third-order valence-electron chi connectivity index (χ3n) is 3.20. The van der Waals surface area contributed by atoms with Crippen LogP contribution in [-0.2, 0) is 0 Å². The Labute approximate surface area is 110 Å². The highest BCUT2D eigenvalue weighted by Crippen LogP contribution is 2.22. The zero-order valence-electron chi connectivity index (χ0n) is 10.2. The zero-order valence-corrected chi connectivity index (χ0v) is 11.0. The zero-order chi connectivity index (χ0) is 12.5. The van der Waals surface area contributed by atoms with E-state index in [1.54, 1.807) is 0 Å². The molecule has 1 saturated heterocycles. The summed E-state index contributed by atoms with van der Waals surface area (Å²) in [5.74, 6) is 1.05. The van der Waals surface area contributed by atoms with Crippen molar-refractivity contribution in [1.29, 1.82) is 0 Å². The number of aromatic amines is 1. The molecule has 94 valence electrons. The van der Waals surface area contributed by atoms with Crippen molar-refractivity contribution in [2.45, 2.75) is 12.2 Å². The lowest BCUT2D eigenvalue weighted by Gasteiger charge is -2.30. The number of hydrogen-bond donors (Lipinski definition) is 1. The molecular formula is C13H15N3OS. The standard InChI is InChI=1S/C13H15N3OS/c1-9-8-16(6-7-18-9)13(17)12-10-4-2-3-5-11(10)14-15-12/h2-5,9H,6-8H2,1H3,(H,14,15). The first-order valence-electron chi connectivity index (χ1n) is 6.09. The maximum absolute atomic E-state index is 12.5. The second-order valence-corrected chi connectivity index (χ2v) is 6.10. The van der Waals surface area contributed by atoms with E-state index in [-0.39, 0.29) is 5.91 Å². The molecule has 0 spiro atoms. The van der Waals surface area contributed by atoms with Crippen LogP contribution in [0.25, 0.3) is 10.9 Å². The van der Waals surface area contributed by atoms with Gasteiger partial charge in [-0.05, 0) is 6.07 Å². The quantitative estimate of drug-likeness (QED) is 0.855. The fraction of sp³-hybridized carbons (Fsp3) is 0.385. The van der Waals surface area contributed by atoms with Gasteiger partial charge in [0.2, 0.25) is 0 Å². The topological polar surface area (TPSA) is 49.0 Å². The number of hydrogen-bond acceptors (Lipinski definition) is 3. The molecule has 0 radical (unpaired) electrons. The van der Waals surface area contributed by atoms with E-state index in [4.69, 9.17) is 0 Å². The summed E-state index contributed by atoms with van der Waals surface area (Å²) in [6.45, 7) is 3.78. The molecule has 5 heteroatoms. The average molecular weight is 261 g/mol. The van der Waals surface area contributed by atoms with Crippen LogP contribution in [0.5, 0.6) is 0 Å². The van der Waals surface area contributed by atoms with Crippen molar-refractivity contribution in [2.24, 2.45) is 0 Å². The van der Waals surface area contributed by atoms with Crippen LogP contribution in [0.4, 0.5) is 0 Å². The van der Waals surface area contributed by atoms with E-state index in [2.05, 4.69) is 17.1 Å². The van der Waals surface area contributed by atoms with Gasteiger partial charge in [0.25, 0.3) is 5.91 Å². The van der Waals surface area contributed by atoms with Crippen LogP contribution in [0.1, 0.15) is 17.4 Å². The summed E-state index contributed by atoms with van der Waals surface area (Å²) < 4.78 is 0. The van der Waals surface area contributed by atoms with E-state index in [1.165, 1.54) is 0 Å². The lowest BCUT2D eigenvalue weighted by molar-refractivity contribution is 0.0759. The highest BCUT2D eigenvalue weighted by atomic mass is 32.2. The number of H-pyrrole nitrogens is 1. The molecule has 3 rings (SSSR count). The number of carbonyl (C=O) groups is 1. The van der Waals surface area contributed by atoms with Gasteiger partial charge in [-0.25, -0.2) is 0 Å². The van der Waals surface area contributed by atoms with E-state index in [0.29, 0.717) is 10.9 Å². The Morgan fingerprint density at radius 2 is 2.33 bits per heavy atom. The number of thioether (sulfide) groups is 1. The third-order valence-corrected chi connectivity index (χ3v) is 4.34.